The normalized spacial score (nSPS) is 10.4. The molecule has 12 heavy (non-hydrogen) atoms. The standard InChI is InChI=1S/C8H7Cl2FO/c1-12-7-4-5(11)2-3-6(7)8(9)10/h2-4,8H,1H3. The molecule has 1 aromatic rings. The zero-order valence-corrected chi connectivity index (χ0v) is 7.86. The third kappa shape index (κ3) is 2.02. The fourth-order valence-corrected chi connectivity index (χ4v) is 1.23. The lowest BCUT2D eigenvalue weighted by molar-refractivity contribution is 0.407. The Balaban J connectivity index is 3.11. The van der Waals surface area contributed by atoms with Crippen molar-refractivity contribution in [2.75, 3.05) is 7.11 Å². The second-order valence-corrected chi connectivity index (χ2v) is 3.28. The van der Waals surface area contributed by atoms with Crippen molar-refractivity contribution < 1.29 is 9.13 Å². The minimum absolute atomic E-state index is 0.366. The van der Waals surface area contributed by atoms with Crippen LogP contribution in [0.15, 0.2) is 18.2 Å². The molecule has 0 atom stereocenters. The molecule has 0 heterocycles. The summed E-state index contributed by atoms with van der Waals surface area (Å²) in [6.45, 7) is 0. The molecule has 0 aliphatic carbocycles. The van der Waals surface area contributed by atoms with E-state index < -0.39 is 4.84 Å². The average molecular weight is 209 g/mol. The molecular weight excluding hydrogens is 202 g/mol. The van der Waals surface area contributed by atoms with E-state index in [-0.39, 0.29) is 5.82 Å². The third-order valence-electron chi connectivity index (χ3n) is 1.43. The van der Waals surface area contributed by atoms with E-state index in [9.17, 15) is 4.39 Å². The summed E-state index contributed by atoms with van der Waals surface area (Å²) >= 11 is 11.2. The topological polar surface area (TPSA) is 9.23 Å². The molecule has 66 valence electrons. The van der Waals surface area contributed by atoms with Gasteiger partial charge >= 0.3 is 0 Å². The van der Waals surface area contributed by atoms with E-state index in [0.717, 1.165) is 0 Å². The molecule has 0 amide bonds. The largest absolute Gasteiger partial charge is 0.496 e. The Bertz CT molecular complexity index is 276. The maximum Gasteiger partial charge on any atom is 0.136 e. The summed E-state index contributed by atoms with van der Waals surface area (Å²) in [4.78, 5) is -0.694. The van der Waals surface area contributed by atoms with Gasteiger partial charge in [-0.3, -0.25) is 0 Å². The smallest absolute Gasteiger partial charge is 0.136 e. The maximum atomic E-state index is 12.6. The number of ether oxygens (including phenoxy) is 1. The highest BCUT2D eigenvalue weighted by Gasteiger charge is 2.10. The van der Waals surface area contributed by atoms with Crippen LogP contribution < -0.4 is 4.74 Å². The fourth-order valence-electron chi connectivity index (χ4n) is 0.865. The SMILES string of the molecule is COc1cc(F)ccc1C(Cl)Cl. The Morgan fingerprint density at radius 3 is 2.58 bits per heavy atom. The Morgan fingerprint density at radius 1 is 1.42 bits per heavy atom. The average Bonchev–Trinajstić information content (AvgIpc) is 2.03. The van der Waals surface area contributed by atoms with Gasteiger partial charge in [-0.2, -0.15) is 0 Å². The van der Waals surface area contributed by atoms with Crippen LogP contribution in [0.25, 0.3) is 0 Å². The number of rotatable bonds is 2. The van der Waals surface area contributed by atoms with Gasteiger partial charge < -0.3 is 4.74 Å². The summed E-state index contributed by atoms with van der Waals surface area (Å²) in [5, 5.41) is 0. The predicted molar refractivity (Wildman–Crippen MR) is 47.4 cm³/mol. The molecule has 0 fully saturated rings. The highest BCUT2D eigenvalue weighted by molar-refractivity contribution is 6.44. The van der Waals surface area contributed by atoms with E-state index in [1.807, 2.05) is 0 Å². The van der Waals surface area contributed by atoms with Crippen LogP contribution in [-0.2, 0) is 0 Å². The third-order valence-corrected chi connectivity index (χ3v) is 1.90. The van der Waals surface area contributed by atoms with Crippen molar-refractivity contribution >= 4 is 23.2 Å². The first kappa shape index (κ1) is 9.62. The number of halogens is 3. The van der Waals surface area contributed by atoms with Crippen LogP contribution in [0.2, 0.25) is 0 Å². The van der Waals surface area contributed by atoms with Crippen molar-refractivity contribution in [3.05, 3.63) is 29.6 Å². The number of alkyl halides is 2. The van der Waals surface area contributed by atoms with Gasteiger partial charge in [0.05, 0.1) is 7.11 Å². The Kier molecular flexibility index (Phi) is 3.18. The fraction of sp³-hybridized carbons (Fsp3) is 0.250. The number of methoxy groups -OCH3 is 1. The molecule has 1 aromatic carbocycles. The monoisotopic (exact) mass is 208 g/mol. The summed E-state index contributed by atoms with van der Waals surface area (Å²) in [5.41, 5.74) is 0.572. The van der Waals surface area contributed by atoms with E-state index in [4.69, 9.17) is 27.9 Å². The molecule has 0 N–H and O–H groups in total. The number of benzene rings is 1. The predicted octanol–water partition coefficient (Wildman–Crippen LogP) is 3.31. The molecule has 0 bridgehead atoms. The molecule has 0 spiro atoms. The van der Waals surface area contributed by atoms with Crippen LogP contribution in [0.3, 0.4) is 0 Å². The van der Waals surface area contributed by atoms with Crippen molar-refractivity contribution in [2.45, 2.75) is 4.84 Å². The summed E-state index contributed by atoms with van der Waals surface area (Å²) < 4.78 is 17.5. The Hall–Kier alpha value is -0.470. The molecule has 0 saturated carbocycles. The molecule has 0 saturated heterocycles. The molecule has 4 heteroatoms. The van der Waals surface area contributed by atoms with Crippen molar-refractivity contribution in [1.29, 1.82) is 0 Å². The first-order chi connectivity index (χ1) is 5.65. The molecule has 1 rings (SSSR count). The Morgan fingerprint density at radius 2 is 2.08 bits per heavy atom. The molecule has 0 aliphatic heterocycles. The number of hydrogen-bond donors (Lipinski definition) is 0. The van der Waals surface area contributed by atoms with Crippen LogP contribution in [-0.4, -0.2) is 7.11 Å². The van der Waals surface area contributed by atoms with Crippen LogP contribution in [0.1, 0.15) is 10.4 Å². The lowest BCUT2D eigenvalue weighted by atomic mass is 10.2. The maximum absolute atomic E-state index is 12.6. The highest BCUT2D eigenvalue weighted by Crippen LogP contribution is 2.32. The zero-order valence-electron chi connectivity index (χ0n) is 6.35. The Labute approximate surface area is 80.0 Å². The summed E-state index contributed by atoms with van der Waals surface area (Å²) in [6, 6.07) is 4.03. The minimum atomic E-state index is -0.694. The molecule has 0 aromatic heterocycles. The molecule has 0 aliphatic rings. The molecule has 0 radical (unpaired) electrons. The van der Waals surface area contributed by atoms with Crippen LogP contribution >= 0.6 is 23.2 Å². The summed E-state index contributed by atoms with van der Waals surface area (Å²) in [5.74, 6) is -0.00502. The minimum Gasteiger partial charge on any atom is -0.496 e. The molecular formula is C8H7Cl2FO. The van der Waals surface area contributed by atoms with Crippen molar-refractivity contribution in [1.82, 2.24) is 0 Å². The van der Waals surface area contributed by atoms with Gasteiger partial charge in [-0.1, -0.05) is 23.2 Å². The van der Waals surface area contributed by atoms with Gasteiger partial charge in [-0.15, -0.1) is 0 Å². The second-order valence-electron chi connectivity index (χ2n) is 2.19. The van der Waals surface area contributed by atoms with Crippen LogP contribution in [0.5, 0.6) is 5.75 Å². The van der Waals surface area contributed by atoms with Gasteiger partial charge in [0.2, 0.25) is 0 Å². The van der Waals surface area contributed by atoms with Crippen LogP contribution in [0, 0.1) is 5.82 Å². The second kappa shape index (κ2) is 3.97. The van der Waals surface area contributed by atoms with Gasteiger partial charge in [0, 0.05) is 11.6 Å². The van der Waals surface area contributed by atoms with Crippen molar-refractivity contribution in [2.24, 2.45) is 0 Å². The van der Waals surface area contributed by atoms with E-state index in [1.165, 1.54) is 25.3 Å². The summed E-state index contributed by atoms with van der Waals surface area (Å²) in [6.07, 6.45) is 0. The first-order valence-electron chi connectivity index (χ1n) is 3.26. The van der Waals surface area contributed by atoms with E-state index in [2.05, 4.69) is 0 Å². The van der Waals surface area contributed by atoms with Gasteiger partial charge in [0.25, 0.3) is 0 Å². The van der Waals surface area contributed by atoms with E-state index in [0.29, 0.717) is 11.3 Å². The molecule has 0 unspecified atom stereocenters. The quantitative estimate of drug-likeness (QED) is 0.679. The van der Waals surface area contributed by atoms with Crippen LogP contribution in [0.4, 0.5) is 4.39 Å². The van der Waals surface area contributed by atoms with Gasteiger partial charge in [-0.25, -0.2) is 4.39 Å². The van der Waals surface area contributed by atoms with E-state index >= 15 is 0 Å². The van der Waals surface area contributed by atoms with Crippen molar-refractivity contribution in [3.8, 4) is 5.75 Å². The van der Waals surface area contributed by atoms with Gasteiger partial charge in [0.15, 0.2) is 0 Å². The highest BCUT2D eigenvalue weighted by atomic mass is 35.5. The summed E-state index contributed by atoms with van der Waals surface area (Å²) in [7, 11) is 1.44. The number of hydrogen-bond acceptors (Lipinski definition) is 1. The zero-order chi connectivity index (χ0) is 9.14. The lowest BCUT2D eigenvalue weighted by Crippen LogP contribution is -1.91. The van der Waals surface area contributed by atoms with Gasteiger partial charge in [-0.05, 0) is 12.1 Å². The van der Waals surface area contributed by atoms with Gasteiger partial charge in [0.1, 0.15) is 16.4 Å². The molecule has 1 nitrogen and oxygen atoms in total. The van der Waals surface area contributed by atoms with Crippen molar-refractivity contribution in [3.63, 3.8) is 0 Å². The first-order valence-corrected chi connectivity index (χ1v) is 4.14. The van der Waals surface area contributed by atoms with E-state index in [1.54, 1.807) is 0 Å². The lowest BCUT2D eigenvalue weighted by Gasteiger charge is -2.08.